The van der Waals surface area contributed by atoms with Crippen molar-refractivity contribution in [2.45, 2.75) is 85.2 Å². The highest BCUT2D eigenvalue weighted by atomic mass is 16.6. The van der Waals surface area contributed by atoms with E-state index in [2.05, 4.69) is 24.0 Å². The Morgan fingerprint density at radius 2 is 1.76 bits per heavy atom. The summed E-state index contributed by atoms with van der Waals surface area (Å²) in [4.78, 5) is 70.8. The van der Waals surface area contributed by atoms with Gasteiger partial charge >= 0.3 is 5.97 Å². The smallest absolute Gasteiger partial charge is 0.305 e. The summed E-state index contributed by atoms with van der Waals surface area (Å²) in [6.45, 7) is 9.81. The van der Waals surface area contributed by atoms with E-state index >= 15 is 0 Å². The lowest BCUT2D eigenvalue weighted by molar-refractivity contribution is -0.161. The first-order valence-electron chi connectivity index (χ1n) is 13.5. The molecule has 0 aliphatic carbocycles. The molecule has 3 unspecified atom stereocenters. The predicted octanol–water partition coefficient (Wildman–Crippen LogP) is 1.67. The van der Waals surface area contributed by atoms with E-state index in [1.54, 1.807) is 29.2 Å². The molecule has 1 fully saturated rings. The number of benzene rings is 1. The van der Waals surface area contributed by atoms with E-state index in [4.69, 9.17) is 21.5 Å². The van der Waals surface area contributed by atoms with Crippen molar-refractivity contribution in [1.82, 2.24) is 15.3 Å². The number of aryl methyl sites for hydroxylation is 2. The van der Waals surface area contributed by atoms with Gasteiger partial charge in [-0.3, -0.25) is 24.2 Å². The molecule has 230 valence electrons. The molecule has 13 nitrogen and oxygen atoms in total. The Kier molecular flexibility index (Phi) is 17.5. The van der Waals surface area contributed by atoms with E-state index < -0.39 is 36.3 Å². The largest absolute Gasteiger partial charge is 0.481 e. The Morgan fingerprint density at radius 3 is 2.20 bits per heavy atom. The Morgan fingerprint density at radius 1 is 1.20 bits per heavy atom. The normalized spacial score (nSPS) is 16.0. The molecule has 41 heavy (non-hydrogen) atoms. The number of aldehydes is 2. The molecule has 1 aliphatic rings. The monoisotopic (exact) mass is 579 g/mol. The van der Waals surface area contributed by atoms with Gasteiger partial charge in [0.2, 0.25) is 17.7 Å². The number of hydrogen-bond acceptors (Lipinski definition) is 9. The third-order valence-electron chi connectivity index (χ3n) is 6.57. The van der Waals surface area contributed by atoms with Crippen molar-refractivity contribution in [3.63, 3.8) is 0 Å². The second-order valence-electron chi connectivity index (χ2n) is 9.81. The maximum absolute atomic E-state index is 12.4. The van der Waals surface area contributed by atoms with E-state index in [0.29, 0.717) is 49.3 Å². The first kappa shape index (κ1) is 37.2. The van der Waals surface area contributed by atoms with E-state index in [1.165, 1.54) is 6.92 Å². The predicted molar refractivity (Wildman–Crippen MR) is 152 cm³/mol. The number of nitrogens with zero attached hydrogens (tertiary/aromatic N) is 2. The van der Waals surface area contributed by atoms with Gasteiger partial charge in [0.05, 0.1) is 12.5 Å². The zero-order chi connectivity index (χ0) is 31.7. The first-order chi connectivity index (χ1) is 19.3. The van der Waals surface area contributed by atoms with Gasteiger partial charge in [-0.25, -0.2) is 5.01 Å². The number of primary amides is 1. The lowest BCUT2D eigenvalue weighted by Crippen LogP contribution is -2.59. The summed E-state index contributed by atoms with van der Waals surface area (Å²) in [6.07, 6.45) is 4.21. The van der Waals surface area contributed by atoms with Gasteiger partial charge in [-0.05, 0) is 69.2 Å². The van der Waals surface area contributed by atoms with Crippen LogP contribution >= 0.6 is 0 Å². The summed E-state index contributed by atoms with van der Waals surface area (Å²) in [5.74, 6) is 4.07. The van der Waals surface area contributed by atoms with Crippen molar-refractivity contribution in [3.8, 4) is 5.75 Å². The van der Waals surface area contributed by atoms with Crippen LogP contribution in [0.1, 0.15) is 80.8 Å². The van der Waals surface area contributed by atoms with Crippen molar-refractivity contribution in [2.75, 3.05) is 13.6 Å². The number of hydrazine groups is 1. The van der Waals surface area contributed by atoms with Crippen molar-refractivity contribution in [1.29, 1.82) is 0 Å². The average molecular weight is 580 g/mol. The summed E-state index contributed by atoms with van der Waals surface area (Å²) in [7, 11) is 1.68. The Labute approximate surface area is 241 Å². The Hall–Kier alpha value is -3.84. The van der Waals surface area contributed by atoms with Crippen molar-refractivity contribution in [3.05, 3.63) is 28.8 Å². The molecule has 13 heteroatoms. The number of carboxylic acids is 1. The fraction of sp³-hybridized carbons (Fsp3) is 0.571. The van der Waals surface area contributed by atoms with Gasteiger partial charge in [0.1, 0.15) is 18.6 Å². The van der Waals surface area contributed by atoms with Crippen LogP contribution in [0.4, 0.5) is 0 Å². The summed E-state index contributed by atoms with van der Waals surface area (Å²) < 4.78 is 0. The summed E-state index contributed by atoms with van der Waals surface area (Å²) >= 11 is 0. The molecular weight excluding hydrogens is 534 g/mol. The Balaban J connectivity index is 0.000000832. The van der Waals surface area contributed by atoms with Gasteiger partial charge in [0.25, 0.3) is 0 Å². The quantitative estimate of drug-likeness (QED) is 0.220. The molecule has 0 radical (unpaired) electrons. The highest BCUT2D eigenvalue weighted by Gasteiger charge is 2.34. The molecule has 3 amide bonds. The molecular formula is C28H45N5O8. The molecule has 1 aromatic rings. The third kappa shape index (κ3) is 12.9. The number of carbonyl (C=O) groups is 6. The van der Waals surface area contributed by atoms with Crippen molar-refractivity contribution < 1.29 is 38.7 Å². The number of amides is 3. The molecule has 1 saturated heterocycles. The highest BCUT2D eigenvalue weighted by Crippen LogP contribution is 2.23. The van der Waals surface area contributed by atoms with Gasteiger partial charge in [-0.1, -0.05) is 20.3 Å². The van der Waals surface area contributed by atoms with E-state index in [9.17, 15) is 24.0 Å². The Bertz CT molecular complexity index is 1030. The molecule has 1 aromatic carbocycles. The molecule has 0 spiro atoms. The minimum Gasteiger partial charge on any atom is -0.481 e. The zero-order valence-corrected chi connectivity index (χ0v) is 24.8. The number of rotatable bonds is 11. The summed E-state index contributed by atoms with van der Waals surface area (Å²) in [5, 5.41) is 14.4. The van der Waals surface area contributed by atoms with Crippen LogP contribution in [0, 0.1) is 19.8 Å². The van der Waals surface area contributed by atoms with Gasteiger partial charge in [0.15, 0.2) is 5.75 Å². The minimum absolute atomic E-state index is 0.0160. The van der Waals surface area contributed by atoms with Crippen LogP contribution in [-0.2, 0) is 24.0 Å². The minimum atomic E-state index is -1.16. The molecule has 1 aliphatic heterocycles. The van der Waals surface area contributed by atoms with Crippen LogP contribution in [0.5, 0.6) is 5.75 Å². The summed E-state index contributed by atoms with van der Waals surface area (Å²) in [6, 6.07) is 1.65. The number of likely N-dealkylation sites (N-methyl/N-ethyl adjacent to an activating group) is 1. The lowest BCUT2D eigenvalue weighted by atomic mass is 10.0. The zero-order valence-electron chi connectivity index (χ0n) is 24.8. The molecule has 0 bridgehead atoms. The first-order valence-corrected chi connectivity index (χ1v) is 13.5. The maximum atomic E-state index is 12.4. The van der Waals surface area contributed by atoms with Gasteiger partial charge in [0, 0.05) is 25.6 Å². The van der Waals surface area contributed by atoms with Crippen LogP contribution in [0.25, 0.3) is 0 Å². The van der Waals surface area contributed by atoms with Gasteiger partial charge in [-0.15, -0.1) is 0 Å². The third-order valence-corrected chi connectivity index (χ3v) is 6.57. The second-order valence-corrected chi connectivity index (χ2v) is 9.81. The molecule has 3 atom stereocenters. The number of nitrogens with one attached hydrogen (secondary N) is 1. The summed E-state index contributed by atoms with van der Waals surface area (Å²) in [5.41, 5.74) is 7.20. The lowest BCUT2D eigenvalue weighted by Gasteiger charge is -2.41. The maximum Gasteiger partial charge on any atom is 0.305 e. The van der Waals surface area contributed by atoms with E-state index in [-0.39, 0.29) is 5.91 Å². The van der Waals surface area contributed by atoms with E-state index in [1.807, 2.05) is 13.8 Å². The topological polar surface area (TPSA) is 202 Å². The fourth-order valence-corrected chi connectivity index (χ4v) is 4.13. The molecule has 1 heterocycles. The van der Waals surface area contributed by atoms with Gasteiger partial charge in [-0.2, -0.15) is 5.90 Å². The van der Waals surface area contributed by atoms with Gasteiger partial charge < -0.3 is 30.6 Å². The van der Waals surface area contributed by atoms with E-state index in [0.717, 1.165) is 30.3 Å². The average Bonchev–Trinajstić information content (AvgIpc) is 2.91. The molecule has 2 rings (SSSR count). The second kappa shape index (κ2) is 19.3. The number of hydrogen-bond donors (Lipinski definition) is 4. The number of nitrogens with two attached hydrogens (primary N) is 2. The number of aliphatic carboxylic acids is 1. The molecule has 0 aromatic heterocycles. The van der Waals surface area contributed by atoms with Crippen molar-refractivity contribution >= 4 is 36.3 Å². The van der Waals surface area contributed by atoms with Crippen LogP contribution in [-0.4, -0.2) is 77.1 Å². The van der Waals surface area contributed by atoms with Crippen LogP contribution in [0.3, 0.4) is 0 Å². The molecule has 0 saturated carbocycles. The number of carbonyl (C=O) groups excluding carboxylic acids is 5. The number of carboxylic acid groups (broad SMARTS) is 1. The standard InChI is InChI=1S/C17H29N3O5.C9H12N2O2.C2H4O/c1-4-12(2)7-8-15(22)20-9-5-6-14(19(20)3)17(25)18-13(11-21)10-16(23)24;1-5-3-7(9(10)12)4-6(2)8(5)13-11;1-2-3/h11-14H,4-10H2,1-3H3,(H,18,25)(H,23,24);3-4H,11H2,1-2H3,(H2,10,12);2H,1H3. The van der Waals surface area contributed by atoms with Crippen molar-refractivity contribution in [2.24, 2.45) is 17.5 Å². The fourth-order valence-electron chi connectivity index (χ4n) is 4.13. The van der Waals surface area contributed by atoms with Crippen LogP contribution in [0.15, 0.2) is 12.1 Å². The van der Waals surface area contributed by atoms with Crippen LogP contribution in [0.2, 0.25) is 0 Å². The molecule has 6 N–H and O–H groups in total. The SMILES string of the molecule is CC=O.CCC(C)CCC(=O)N1CCCC(C(=O)NC(C=O)CC(=O)O)N1C.Cc1cc(C(N)=O)cc(C)c1ON. The highest BCUT2D eigenvalue weighted by molar-refractivity contribution is 5.93. The van der Waals surface area contributed by atoms with Crippen LogP contribution < -0.4 is 21.8 Å².